The largest absolute Gasteiger partial charge is 0.545 e. The van der Waals surface area contributed by atoms with Crippen molar-refractivity contribution in [2.75, 3.05) is 0 Å². The van der Waals surface area contributed by atoms with Crippen LogP contribution in [0.4, 0.5) is 5.69 Å². The minimum atomic E-state index is -1.51. The molecule has 0 unspecified atom stereocenters. The number of quaternary nitrogens is 1. The van der Waals surface area contributed by atoms with E-state index in [1.165, 1.54) is 0 Å². The van der Waals surface area contributed by atoms with Gasteiger partial charge in [0.15, 0.2) is 0 Å². The number of hydrogen-bond donors (Lipinski definition) is 2. The third-order valence-corrected chi connectivity index (χ3v) is 1.53. The minimum absolute atomic E-state index is 0.447. The number of carbonyl (C=O) groups excluding carboxylic acids is 1. The molecule has 4 N–H and O–H groups in total. The summed E-state index contributed by atoms with van der Waals surface area (Å²) in [5, 5.41) is 18.0. The summed E-state index contributed by atoms with van der Waals surface area (Å²) in [6.07, 6.45) is 0.942. The predicted molar refractivity (Wildman–Crippen MR) is 55.8 cm³/mol. The first-order valence-corrected chi connectivity index (χ1v) is 4.49. The van der Waals surface area contributed by atoms with Crippen LogP contribution >= 0.6 is 11.6 Å². The molecular weight excluding hydrogens is 234 g/mol. The molecule has 0 aromatic heterocycles. The van der Waals surface area contributed by atoms with E-state index in [0.29, 0.717) is 12.2 Å². The van der Waals surface area contributed by atoms with Gasteiger partial charge in [0, 0.05) is 23.2 Å². The van der Waals surface area contributed by atoms with E-state index in [9.17, 15) is 14.7 Å². The number of carbonyl (C=O) groups is 2. The number of halogens is 1. The first-order valence-electron chi connectivity index (χ1n) is 4.11. The van der Waals surface area contributed by atoms with Crippen molar-refractivity contribution in [3.8, 4) is 0 Å². The normalized spacial score (nSPS) is 9.38. The quantitative estimate of drug-likeness (QED) is 0.689. The SMILES string of the molecule is O=C([O-])C=CC(=O)O.[NH3+]c1ccc(Cl)cc1. The molecule has 0 aliphatic carbocycles. The molecule has 0 spiro atoms. The fourth-order valence-corrected chi connectivity index (χ4v) is 0.750. The summed E-state index contributed by atoms with van der Waals surface area (Å²) < 4.78 is 0. The molecule has 16 heavy (non-hydrogen) atoms. The Hall–Kier alpha value is -1.85. The number of carboxylic acids is 2. The Morgan fingerprint density at radius 3 is 2.00 bits per heavy atom. The number of benzene rings is 1. The first-order chi connectivity index (χ1) is 7.41. The van der Waals surface area contributed by atoms with E-state index in [2.05, 4.69) is 5.73 Å². The van der Waals surface area contributed by atoms with E-state index in [0.717, 1.165) is 10.7 Å². The van der Waals surface area contributed by atoms with Gasteiger partial charge in [-0.05, 0) is 18.2 Å². The molecule has 0 aliphatic heterocycles. The maximum Gasteiger partial charge on any atom is 0.328 e. The van der Waals surface area contributed by atoms with Gasteiger partial charge < -0.3 is 20.7 Å². The summed E-state index contributed by atoms with van der Waals surface area (Å²) in [7, 11) is 0. The molecule has 0 saturated carbocycles. The van der Waals surface area contributed by atoms with Gasteiger partial charge >= 0.3 is 5.97 Å². The minimum Gasteiger partial charge on any atom is -0.545 e. The second kappa shape index (κ2) is 7.44. The summed E-state index contributed by atoms with van der Waals surface area (Å²) in [4.78, 5) is 19.0. The van der Waals surface area contributed by atoms with Crippen LogP contribution < -0.4 is 10.8 Å². The standard InChI is InChI=1S/C6H6ClN.C4H4O4/c7-5-1-3-6(8)4-2-5;5-3(6)1-2-4(7)8/h1-4H,8H2;1-2H,(H,5,6)(H,7,8). The number of aliphatic carboxylic acids is 2. The molecule has 0 bridgehead atoms. The van der Waals surface area contributed by atoms with Crippen LogP contribution in [0.1, 0.15) is 0 Å². The van der Waals surface area contributed by atoms with Crippen LogP contribution in [-0.4, -0.2) is 17.0 Å². The first kappa shape index (κ1) is 14.2. The monoisotopic (exact) mass is 243 g/mol. The van der Waals surface area contributed by atoms with Crippen LogP contribution in [0.25, 0.3) is 0 Å². The van der Waals surface area contributed by atoms with Crippen LogP contribution in [-0.2, 0) is 9.59 Å². The van der Waals surface area contributed by atoms with Gasteiger partial charge in [-0.3, -0.25) is 0 Å². The van der Waals surface area contributed by atoms with Gasteiger partial charge in [-0.1, -0.05) is 11.6 Å². The molecule has 0 atom stereocenters. The molecular formula is C10H10ClNO4. The Bertz CT molecular complexity index is 349. The lowest BCUT2D eigenvalue weighted by molar-refractivity contribution is -0.297. The van der Waals surface area contributed by atoms with Crippen molar-refractivity contribution in [3.63, 3.8) is 0 Å². The Morgan fingerprint density at radius 2 is 1.75 bits per heavy atom. The van der Waals surface area contributed by atoms with Crippen LogP contribution in [0.3, 0.4) is 0 Å². The van der Waals surface area contributed by atoms with Gasteiger partial charge in [-0.25, -0.2) is 4.79 Å². The van der Waals surface area contributed by atoms with Crippen LogP contribution in [0, 0.1) is 0 Å². The van der Waals surface area contributed by atoms with E-state index in [4.69, 9.17) is 16.7 Å². The van der Waals surface area contributed by atoms with Crippen molar-refractivity contribution < 1.29 is 25.5 Å². The summed E-state index contributed by atoms with van der Waals surface area (Å²) in [5.74, 6) is -2.80. The highest BCUT2D eigenvalue weighted by molar-refractivity contribution is 6.30. The highest BCUT2D eigenvalue weighted by Gasteiger charge is 1.85. The van der Waals surface area contributed by atoms with Gasteiger partial charge in [0.1, 0.15) is 5.69 Å². The molecule has 0 radical (unpaired) electrons. The molecule has 1 rings (SSSR count). The lowest BCUT2D eigenvalue weighted by Crippen LogP contribution is -2.39. The van der Waals surface area contributed by atoms with Crippen molar-refractivity contribution >= 4 is 29.2 Å². The molecule has 0 heterocycles. The van der Waals surface area contributed by atoms with Crippen molar-refractivity contribution in [1.29, 1.82) is 0 Å². The van der Waals surface area contributed by atoms with E-state index in [-0.39, 0.29) is 0 Å². The fraction of sp³-hybridized carbons (Fsp3) is 0. The predicted octanol–water partition coefficient (Wildman–Crippen LogP) is -0.409. The molecule has 5 nitrogen and oxygen atoms in total. The maximum atomic E-state index is 9.53. The Balaban J connectivity index is 0.000000281. The third-order valence-electron chi connectivity index (χ3n) is 1.28. The molecule has 1 aromatic rings. The summed E-state index contributed by atoms with van der Waals surface area (Å²) in [5.41, 5.74) is 4.70. The Kier molecular flexibility index (Phi) is 6.58. The van der Waals surface area contributed by atoms with Crippen LogP contribution in [0.5, 0.6) is 0 Å². The zero-order valence-corrected chi connectivity index (χ0v) is 8.98. The molecule has 0 fully saturated rings. The van der Waals surface area contributed by atoms with Gasteiger partial charge in [0.25, 0.3) is 0 Å². The van der Waals surface area contributed by atoms with E-state index in [1.807, 2.05) is 24.3 Å². The molecule has 0 saturated heterocycles. The molecule has 86 valence electrons. The van der Waals surface area contributed by atoms with Gasteiger partial charge in [0.2, 0.25) is 0 Å². The molecule has 1 aromatic carbocycles. The summed E-state index contributed by atoms with van der Waals surface area (Å²) in [6, 6.07) is 7.40. The van der Waals surface area contributed by atoms with Gasteiger partial charge in [-0.2, -0.15) is 0 Å². The zero-order valence-electron chi connectivity index (χ0n) is 8.22. The van der Waals surface area contributed by atoms with Crippen molar-refractivity contribution in [3.05, 3.63) is 41.4 Å². The zero-order chi connectivity index (χ0) is 12.6. The van der Waals surface area contributed by atoms with E-state index >= 15 is 0 Å². The Morgan fingerprint density at radius 1 is 1.25 bits per heavy atom. The van der Waals surface area contributed by atoms with Crippen molar-refractivity contribution in [2.45, 2.75) is 0 Å². The van der Waals surface area contributed by atoms with Crippen molar-refractivity contribution in [2.24, 2.45) is 0 Å². The van der Waals surface area contributed by atoms with Crippen LogP contribution in [0.2, 0.25) is 5.02 Å². The van der Waals surface area contributed by atoms with Gasteiger partial charge in [0.05, 0.1) is 5.97 Å². The average molecular weight is 244 g/mol. The molecule has 0 amide bonds. The third kappa shape index (κ3) is 8.74. The molecule has 6 heteroatoms. The fourth-order valence-electron chi connectivity index (χ4n) is 0.624. The lowest BCUT2D eigenvalue weighted by Gasteiger charge is -1.85. The van der Waals surface area contributed by atoms with Gasteiger partial charge in [-0.15, -0.1) is 0 Å². The average Bonchev–Trinajstić information content (AvgIpc) is 2.20. The highest BCUT2D eigenvalue weighted by atomic mass is 35.5. The van der Waals surface area contributed by atoms with E-state index < -0.39 is 11.9 Å². The smallest absolute Gasteiger partial charge is 0.328 e. The Labute approximate surface area is 96.8 Å². The maximum absolute atomic E-state index is 9.53. The number of hydrogen-bond acceptors (Lipinski definition) is 3. The number of carboxylic acid groups (broad SMARTS) is 2. The van der Waals surface area contributed by atoms with Crippen molar-refractivity contribution in [1.82, 2.24) is 0 Å². The summed E-state index contributed by atoms with van der Waals surface area (Å²) in [6.45, 7) is 0. The number of rotatable bonds is 2. The van der Waals surface area contributed by atoms with E-state index in [1.54, 1.807) is 0 Å². The second-order valence-electron chi connectivity index (χ2n) is 2.62. The highest BCUT2D eigenvalue weighted by Crippen LogP contribution is 2.08. The second-order valence-corrected chi connectivity index (χ2v) is 3.05. The molecule has 0 aliphatic rings. The topological polar surface area (TPSA) is 105 Å². The lowest BCUT2D eigenvalue weighted by atomic mass is 10.3. The summed E-state index contributed by atoms with van der Waals surface area (Å²) >= 11 is 5.58. The van der Waals surface area contributed by atoms with Crippen LogP contribution in [0.15, 0.2) is 36.4 Å².